The molecular formula is C14H9N6NaO3. The maximum absolute atomic E-state index is 11.3. The minimum Gasteiger partial charge on any atom is -0.860 e. The summed E-state index contributed by atoms with van der Waals surface area (Å²) >= 11 is 0. The second-order valence-electron chi connectivity index (χ2n) is 4.53. The SMILES string of the molecule is [N-]=[N+]=Nc1ccc(-c2ccc(/C=N/N3CC([O-])=NC3=O)o2)cc1.[Na+]. The van der Waals surface area contributed by atoms with Gasteiger partial charge in [0, 0.05) is 16.2 Å². The summed E-state index contributed by atoms with van der Waals surface area (Å²) in [5.74, 6) is 0.492. The van der Waals surface area contributed by atoms with Crippen LogP contribution in [0.2, 0.25) is 0 Å². The topological polar surface area (TPSA) is 130 Å². The molecule has 0 aliphatic carbocycles. The van der Waals surface area contributed by atoms with Crippen molar-refractivity contribution in [2.75, 3.05) is 6.54 Å². The fourth-order valence-electron chi connectivity index (χ4n) is 1.93. The second kappa shape index (κ2) is 7.80. The van der Waals surface area contributed by atoms with Crippen LogP contribution < -0.4 is 34.7 Å². The zero-order valence-corrected chi connectivity index (χ0v) is 14.7. The Hall–Kier alpha value is -2.58. The van der Waals surface area contributed by atoms with Crippen LogP contribution in [0, 0.1) is 0 Å². The predicted molar refractivity (Wildman–Crippen MR) is 80.1 cm³/mol. The summed E-state index contributed by atoms with van der Waals surface area (Å²) in [6, 6.07) is 9.58. The van der Waals surface area contributed by atoms with E-state index in [-0.39, 0.29) is 36.1 Å². The number of nitrogens with zero attached hydrogens (tertiary/aromatic N) is 6. The molecule has 2 aromatic rings. The number of carbonyl (C=O) groups is 1. The van der Waals surface area contributed by atoms with Crippen LogP contribution in [0.4, 0.5) is 10.5 Å². The molecule has 1 aromatic carbocycles. The first-order valence-electron chi connectivity index (χ1n) is 6.51. The molecule has 0 fully saturated rings. The van der Waals surface area contributed by atoms with Crippen molar-refractivity contribution in [3.05, 3.63) is 52.6 Å². The molecule has 24 heavy (non-hydrogen) atoms. The van der Waals surface area contributed by atoms with Crippen LogP contribution in [0.5, 0.6) is 0 Å². The van der Waals surface area contributed by atoms with Gasteiger partial charge in [0.2, 0.25) is 0 Å². The van der Waals surface area contributed by atoms with E-state index in [0.29, 0.717) is 17.2 Å². The molecule has 114 valence electrons. The molecule has 0 bridgehead atoms. The number of hydrazone groups is 1. The summed E-state index contributed by atoms with van der Waals surface area (Å²) < 4.78 is 5.59. The summed E-state index contributed by atoms with van der Waals surface area (Å²) in [5.41, 5.74) is 9.66. The Morgan fingerprint density at radius 2 is 2.04 bits per heavy atom. The minimum absolute atomic E-state index is 0. The van der Waals surface area contributed by atoms with E-state index >= 15 is 0 Å². The van der Waals surface area contributed by atoms with Crippen LogP contribution in [-0.4, -0.2) is 29.7 Å². The van der Waals surface area contributed by atoms with Gasteiger partial charge in [0.05, 0.1) is 12.8 Å². The average molecular weight is 332 g/mol. The Balaban J connectivity index is 0.00000208. The molecule has 0 atom stereocenters. The van der Waals surface area contributed by atoms with Gasteiger partial charge in [0.1, 0.15) is 11.5 Å². The van der Waals surface area contributed by atoms with Crippen molar-refractivity contribution in [2.24, 2.45) is 15.2 Å². The average Bonchev–Trinajstić information content (AvgIpc) is 3.13. The zero-order chi connectivity index (χ0) is 16.2. The Labute approximate surface area is 158 Å². The maximum Gasteiger partial charge on any atom is 1.00 e. The molecule has 0 N–H and O–H groups in total. The van der Waals surface area contributed by atoms with Gasteiger partial charge in [-0.25, -0.2) is 14.8 Å². The van der Waals surface area contributed by atoms with E-state index in [2.05, 4.69) is 20.1 Å². The van der Waals surface area contributed by atoms with Crippen LogP contribution in [0.25, 0.3) is 21.8 Å². The largest absolute Gasteiger partial charge is 1.00 e. The van der Waals surface area contributed by atoms with E-state index in [4.69, 9.17) is 9.95 Å². The number of amides is 2. The molecule has 10 heteroatoms. The van der Waals surface area contributed by atoms with Crippen molar-refractivity contribution < 1.29 is 43.9 Å². The van der Waals surface area contributed by atoms with Gasteiger partial charge < -0.3 is 9.52 Å². The number of hydrogen-bond acceptors (Lipinski definition) is 5. The number of rotatable bonds is 4. The molecule has 0 radical (unpaired) electrons. The third-order valence-corrected chi connectivity index (χ3v) is 2.99. The van der Waals surface area contributed by atoms with Gasteiger partial charge in [0.25, 0.3) is 0 Å². The van der Waals surface area contributed by atoms with E-state index in [9.17, 15) is 9.90 Å². The number of azide groups is 1. The molecular weight excluding hydrogens is 323 g/mol. The van der Waals surface area contributed by atoms with Crippen molar-refractivity contribution in [3.8, 4) is 11.3 Å². The number of aliphatic imine (C=N–C) groups is 1. The number of urea groups is 1. The fourth-order valence-corrected chi connectivity index (χ4v) is 1.93. The van der Waals surface area contributed by atoms with E-state index in [1.54, 1.807) is 36.4 Å². The molecule has 3 rings (SSSR count). The van der Waals surface area contributed by atoms with Crippen molar-refractivity contribution in [1.29, 1.82) is 0 Å². The van der Waals surface area contributed by atoms with E-state index in [1.807, 2.05) is 0 Å². The molecule has 9 nitrogen and oxygen atoms in total. The smallest absolute Gasteiger partial charge is 0.860 e. The summed E-state index contributed by atoms with van der Waals surface area (Å²) in [6.07, 6.45) is 1.34. The van der Waals surface area contributed by atoms with Crippen LogP contribution in [0.15, 0.2) is 56.0 Å². The minimum atomic E-state index is -0.688. The molecule has 2 amide bonds. The van der Waals surface area contributed by atoms with Gasteiger partial charge in [-0.15, -0.1) is 0 Å². The number of carbonyl (C=O) groups excluding carboxylic acids is 1. The van der Waals surface area contributed by atoms with Crippen LogP contribution >= 0.6 is 0 Å². The monoisotopic (exact) mass is 332 g/mol. The Morgan fingerprint density at radius 1 is 1.29 bits per heavy atom. The number of furan rings is 1. The molecule has 2 heterocycles. The Morgan fingerprint density at radius 3 is 2.67 bits per heavy atom. The molecule has 0 saturated carbocycles. The molecule has 0 saturated heterocycles. The number of hydrogen-bond donors (Lipinski definition) is 0. The molecule has 1 aliphatic rings. The van der Waals surface area contributed by atoms with Crippen LogP contribution in [0.1, 0.15) is 5.76 Å². The van der Waals surface area contributed by atoms with Gasteiger partial charge in [-0.05, 0) is 23.6 Å². The van der Waals surface area contributed by atoms with Crippen molar-refractivity contribution in [1.82, 2.24) is 5.01 Å². The van der Waals surface area contributed by atoms with Gasteiger partial charge in [-0.2, -0.15) is 5.10 Å². The zero-order valence-electron chi connectivity index (χ0n) is 12.7. The molecule has 1 aliphatic heterocycles. The first-order valence-corrected chi connectivity index (χ1v) is 6.51. The Kier molecular flexibility index (Phi) is 5.78. The van der Waals surface area contributed by atoms with E-state index in [1.165, 1.54) is 6.21 Å². The first kappa shape index (κ1) is 17.8. The summed E-state index contributed by atoms with van der Waals surface area (Å²) in [5, 5.41) is 19.3. The molecule has 1 aromatic heterocycles. The van der Waals surface area contributed by atoms with Gasteiger partial charge >= 0.3 is 35.6 Å². The third kappa shape index (κ3) is 4.03. The Bertz CT molecular complexity index is 852. The third-order valence-electron chi connectivity index (χ3n) is 2.99. The number of benzene rings is 1. The van der Waals surface area contributed by atoms with Gasteiger partial charge in [-0.3, -0.25) is 0 Å². The fraction of sp³-hybridized carbons (Fsp3) is 0.0714. The van der Waals surface area contributed by atoms with Gasteiger partial charge in [0.15, 0.2) is 0 Å². The second-order valence-corrected chi connectivity index (χ2v) is 4.53. The molecule has 0 spiro atoms. The van der Waals surface area contributed by atoms with Gasteiger partial charge in [-0.1, -0.05) is 29.4 Å². The molecule has 0 unspecified atom stereocenters. The summed E-state index contributed by atoms with van der Waals surface area (Å²) in [4.78, 5) is 17.2. The van der Waals surface area contributed by atoms with Crippen molar-refractivity contribution in [3.63, 3.8) is 0 Å². The van der Waals surface area contributed by atoms with E-state index in [0.717, 1.165) is 10.6 Å². The van der Waals surface area contributed by atoms with E-state index < -0.39 is 11.9 Å². The van der Waals surface area contributed by atoms with Crippen LogP contribution in [-0.2, 0) is 0 Å². The van der Waals surface area contributed by atoms with Crippen LogP contribution in [0.3, 0.4) is 0 Å². The quantitative estimate of drug-likeness (QED) is 0.244. The standard InChI is InChI=1S/C14H10N6O3.Na/c15-19-18-10-3-1-9(2-4-10)12-6-5-11(23-12)7-16-20-8-13(21)17-14(20)22;/h1-7H,8H2,(H,17,21,22);/q;+1/p-1/b16-7+;. The maximum atomic E-state index is 11.3. The van der Waals surface area contributed by atoms with Crippen molar-refractivity contribution in [2.45, 2.75) is 0 Å². The predicted octanol–water partition coefficient (Wildman–Crippen LogP) is -0.579. The van der Waals surface area contributed by atoms with Crippen molar-refractivity contribution >= 4 is 23.8 Å². The normalized spacial score (nSPS) is 13.6. The summed E-state index contributed by atoms with van der Waals surface area (Å²) in [6.45, 7) is -0.163. The first-order chi connectivity index (χ1) is 11.2. The summed E-state index contributed by atoms with van der Waals surface area (Å²) in [7, 11) is 0.